The van der Waals surface area contributed by atoms with Crippen molar-refractivity contribution in [3.8, 4) is 0 Å². The Balaban J connectivity index is 3.28. The van der Waals surface area contributed by atoms with Gasteiger partial charge in [0.1, 0.15) is 0 Å². The van der Waals surface area contributed by atoms with E-state index in [9.17, 15) is 0 Å². The summed E-state index contributed by atoms with van der Waals surface area (Å²) in [5, 5.41) is 0. The van der Waals surface area contributed by atoms with Crippen molar-refractivity contribution in [1.82, 2.24) is 0 Å². The van der Waals surface area contributed by atoms with Crippen LogP contribution < -0.4 is 0 Å². The van der Waals surface area contributed by atoms with E-state index in [4.69, 9.17) is 9.47 Å². The lowest BCUT2D eigenvalue weighted by Crippen LogP contribution is -2.27. The SMILES string of the molecule is COCCOC(C)(C)CI. The molecule has 0 saturated heterocycles. The van der Waals surface area contributed by atoms with Gasteiger partial charge in [0, 0.05) is 11.5 Å². The molecule has 3 heteroatoms. The Kier molecular flexibility index (Phi) is 5.67. The van der Waals surface area contributed by atoms with Crippen LogP contribution in [0.2, 0.25) is 0 Å². The molecule has 0 bridgehead atoms. The van der Waals surface area contributed by atoms with Crippen molar-refractivity contribution in [3.05, 3.63) is 0 Å². The van der Waals surface area contributed by atoms with E-state index >= 15 is 0 Å². The second-order valence-corrected chi connectivity index (χ2v) is 3.50. The molecule has 0 spiro atoms. The third kappa shape index (κ3) is 5.44. The van der Waals surface area contributed by atoms with Crippen LogP contribution in [0.5, 0.6) is 0 Å². The van der Waals surface area contributed by atoms with Gasteiger partial charge in [0.2, 0.25) is 0 Å². The summed E-state index contributed by atoms with van der Waals surface area (Å²) in [6.07, 6.45) is 0. The quantitative estimate of drug-likeness (QED) is 0.425. The average Bonchev–Trinajstić information content (AvgIpc) is 1.89. The van der Waals surface area contributed by atoms with Gasteiger partial charge in [-0.2, -0.15) is 0 Å². The molecule has 0 amide bonds. The summed E-state index contributed by atoms with van der Waals surface area (Å²) in [6.45, 7) is 5.52. The van der Waals surface area contributed by atoms with Gasteiger partial charge < -0.3 is 9.47 Å². The topological polar surface area (TPSA) is 18.5 Å². The fraction of sp³-hybridized carbons (Fsp3) is 1.00. The molecule has 0 rings (SSSR count). The van der Waals surface area contributed by atoms with Gasteiger partial charge >= 0.3 is 0 Å². The van der Waals surface area contributed by atoms with Crippen molar-refractivity contribution in [2.45, 2.75) is 19.4 Å². The van der Waals surface area contributed by atoms with Crippen LogP contribution in [0.25, 0.3) is 0 Å². The molecule has 0 fully saturated rings. The Morgan fingerprint density at radius 2 is 1.90 bits per heavy atom. The van der Waals surface area contributed by atoms with Crippen LogP contribution >= 0.6 is 22.6 Å². The maximum absolute atomic E-state index is 5.49. The summed E-state index contributed by atoms with van der Waals surface area (Å²) in [5.41, 5.74) is -0.000903. The fourth-order valence-electron chi connectivity index (χ4n) is 0.440. The predicted octanol–water partition coefficient (Wildman–Crippen LogP) is 1.86. The van der Waals surface area contributed by atoms with E-state index in [1.54, 1.807) is 7.11 Å². The molecule has 0 unspecified atom stereocenters. The van der Waals surface area contributed by atoms with Gasteiger partial charge in [-0.25, -0.2) is 0 Å². The van der Waals surface area contributed by atoms with Crippen LogP contribution in [0.1, 0.15) is 13.8 Å². The Hall–Kier alpha value is 0.650. The zero-order chi connectivity index (χ0) is 8.04. The summed E-state index contributed by atoms with van der Waals surface area (Å²) in [7, 11) is 1.68. The monoisotopic (exact) mass is 258 g/mol. The Morgan fingerprint density at radius 1 is 1.30 bits per heavy atom. The van der Waals surface area contributed by atoms with Crippen LogP contribution in [-0.2, 0) is 9.47 Å². The minimum Gasteiger partial charge on any atom is -0.382 e. The number of rotatable bonds is 5. The average molecular weight is 258 g/mol. The van der Waals surface area contributed by atoms with E-state index in [1.165, 1.54) is 0 Å². The van der Waals surface area contributed by atoms with Gasteiger partial charge in [-0.15, -0.1) is 0 Å². The molecular weight excluding hydrogens is 243 g/mol. The molecule has 10 heavy (non-hydrogen) atoms. The van der Waals surface area contributed by atoms with E-state index in [-0.39, 0.29) is 5.60 Å². The number of methoxy groups -OCH3 is 1. The second-order valence-electron chi connectivity index (χ2n) is 2.73. The molecule has 62 valence electrons. The highest BCUT2D eigenvalue weighted by Crippen LogP contribution is 2.11. The van der Waals surface area contributed by atoms with Gasteiger partial charge in [0.05, 0.1) is 18.8 Å². The van der Waals surface area contributed by atoms with Gasteiger partial charge in [-0.3, -0.25) is 0 Å². The Labute approximate surface area is 76.4 Å². The molecule has 0 aromatic rings. The van der Waals surface area contributed by atoms with Crippen molar-refractivity contribution in [3.63, 3.8) is 0 Å². The number of hydrogen-bond donors (Lipinski definition) is 0. The Bertz CT molecular complexity index is 83.7. The van der Waals surface area contributed by atoms with Gasteiger partial charge in [0.25, 0.3) is 0 Å². The number of alkyl halides is 1. The van der Waals surface area contributed by atoms with E-state index in [1.807, 2.05) is 0 Å². The summed E-state index contributed by atoms with van der Waals surface area (Å²) < 4.78 is 11.3. The van der Waals surface area contributed by atoms with Crippen molar-refractivity contribution < 1.29 is 9.47 Å². The highest BCUT2D eigenvalue weighted by Gasteiger charge is 2.15. The van der Waals surface area contributed by atoms with E-state index in [0.717, 1.165) is 4.43 Å². The summed E-state index contributed by atoms with van der Waals surface area (Å²) in [4.78, 5) is 0. The smallest absolute Gasteiger partial charge is 0.0716 e. The fourth-order valence-corrected chi connectivity index (χ4v) is 0.660. The lowest BCUT2D eigenvalue weighted by atomic mass is 10.2. The molecule has 0 aromatic heterocycles. The van der Waals surface area contributed by atoms with E-state index in [0.29, 0.717) is 13.2 Å². The highest BCUT2D eigenvalue weighted by atomic mass is 127. The van der Waals surface area contributed by atoms with Crippen LogP contribution in [0.15, 0.2) is 0 Å². The molecule has 0 aliphatic heterocycles. The lowest BCUT2D eigenvalue weighted by Gasteiger charge is -2.22. The number of ether oxygens (including phenoxy) is 2. The summed E-state index contributed by atoms with van der Waals surface area (Å²) in [6, 6.07) is 0. The standard InChI is InChI=1S/C7H15IO2/c1-7(2,6-8)10-5-4-9-3/h4-6H2,1-3H3. The van der Waals surface area contributed by atoms with Gasteiger partial charge in [0.15, 0.2) is 0 Å². The molecule has 0 aliphatic carbocycles. The third-order valence-corrected chi connectivity index (χ3v) is 2.94. The van der Waals surface area contributed by atoms with Crippen LogP contribution in [0.3, 0.4) is 0 Å². The molecule has 0 heterocycles. The normalized spacial score (nSPS) is 12.0. The van der Waals surface area contributed by atoms with Crippen molar-refractivity contribution in [2.75, 3.05) is 24.8 Å². The second kappa shape index (κ2) is 5.32. The van der Waals surface area contributed by atoms with Crippen molar-refractivity contribution in [1.29, 1.82) is 0 Å². The molecule has 0 radical (unpaired) electrons. The lowest BCUT2D eigenvalue weighted by molar-refractivity contribution is -0.0222. The zero-order valence-corrected chi connectivity index (χ0v) is 8.97. The first-order valence-electron chi connectivity index (χ1n) is 3.31. The first kappa shape index (κ1) is 10.7. The maximum atomic E-state index is 5.49. The highest BCUT2D eigenvalue weighted by molar-refractivity contribution is 14.1. The third-order valence-electron chi connectivity index (χ3n) is 1.10. The molecular formula is C7H15IO2. The minimum absolute atomic E-state index is 0.000903. The van der Waals surface area contributed by atoms with Gasteiger partial charge in [-0.05, 0) is 13.8 Å². The van der Waals surface area contributed by atoms with E-state index in [2.05, 4.69) is 36.4 Å². The zero-order valence-electron chi connectivity index (χ0n) is 6.82. The van der Waals surface area contributed by atoms with Crippen molar-refractivity contribution in [2.24, 2.45) is 0 Å². The van der Waals surface area contributed by atoms with Crippen LogP contribution in [-0.4, -0.2) is 30.4 Å². The first-order valence-corrected chi connectivity index (χ1v) is 4.84. The molecule has 0 atom stereocenters. The number of hydrogen-bond acceptors (Lipinski definition) is 2. The predicted molar refractivity (Wildman–Crippen MR) is 50.8 cm³/mol. The maximum Gasteiger partial charge on any atom is 0.0716 e. The molecule has 2 nitrogen and oxygen atoms in total. The van der Waals surface area contributed by atoms with Crippen molar-refractivity contribution >= 4 is 22.6 Å². The minimum atomic E-state index is -0.000903. The van der Waals surface area contributed by atoms with Gasteiger partial charge in [-0.1, -0.05) is 22.6 Å². The number of halogens is 1. The van der Waals surface area contributed by atoms with Crippen LogP contribution in [0, 0.1) is 0 Å². The largest absolute Gasteiger partial charge is 0.382 e. The summed E-state index contributed by atoms with van der Waals surface area (Å²) in [5.74, 6) is 0. The molecule has 0 aromatic carbocycles. The molecule has 0 aliphatic rings. The molecule has 0 saturated carbocycles. The van der Waals surface area contributed by atoms with Crippen LogP contribution in [0.4, 0.5) is 0 Å². The first-order chi connectivity index (χ1) is 4.62. The summed E-state index contributed by atoms with van der Waals surface area (Å²) >= 11 is 2.32. The van der Waals surface area contributed by atoms with E-state index < -0.39 is 0 Å². The Morgan fingerprint density at radius 3 is 2.30 bits per heavy atom. The molecule has 0 N–H and O–H groups in total.